The van der Waals surface area contributed by atoms with E-state index in [1.165, 1.54) is 0 Å². The van der Waals surface area contributed by atoms with Crippen molar-refractivity contribution < 1.29 is 19.1 Å². The molecule has 11 heteroatoms. The molecule has 4 N–H and O–H groups in total. The molecule has 2 aromatic carbocycles. The van der Waals surface area contributed by atoms with Crippen molar-refractivity contribution in [1.82, 2.24) is 24.9 Å². The minimum absolute atomic E-state index is 0.0324. The van der Waals surface area contributed by atoms with Crippen LogP contribution in [0.25, 0.3) is 10.9 Å². The van der Waals surface area contributed by atoms with Gasteiger partial charge in [-0.2, -0.15) is 5.10 Å². The number of nitrogens with zero attached hydrogens (tertiary/aromatic N) is 4. The summed E-state index contributed by atoms with van der Waals surface area (Å²) in [6.07, 6.45) is 4.14. The molecule has 0 spiro atoms. The van der Waals surface area contributed by atoms with Gasteiger partial charge < -0.3 is 30.5 Å². The molecule has 2 fully saturated rings. The summed E-state index contributed by atoms with van der Waals surface area (Å²) in [7, 11) is 0. The summed E-state index contributed by atoms with van der Waals surface area (Å²) in [5.41, 5.74) is 9.84. The van der Waals surface area contributed by atoms with Gasteiger partial charge in [-0.05, 0) is 61.4 Å². The van der Waals surface area contributed by atoms with E-state index in [1.54, 1.807) is 16.0 Å². The van der Waals surface area contributed by atoms with E-state index >= 15 is 0 Å². The number of fused-ring (bicyclic) bond motifs is 2. The number of rotatable bonds is 5. The van der Waals surface area contributed by atoms with Crippen molar-refractivity contribution in [3.8, 4) is 0 Å². The SMILES string of the molecule is NC1CCN(C(=O)C(Cc2ccc3[nH]ncc3c2)OC(=O)N2CCC(N3CCc4ccccc4NC3=O)CC2)CC1. The lowest BCUT2D eigenvalue weighted by Gasteiger charge is -2.38. The lowest BCUT2D eigenvalue weighted by Crippen LogP contribution is -2.52. The number of carbonyl (C=O) groups excluding carboxylic acids is 3. The molecule has 4 heterocycles. The number of H-pyrrole nitrogens is 1. The number of aromatic amines is 1. The smallest absolute Gasteiger partial charge is 0.410 e. The number of carbonyl (C=O) groups is 3. The van der Waals surface area contributed by atoms with Crippen LogP contribution in [-0.2, 0) is 22.4 Å². The van der Waals surface area contributed by atoms with Crippen LogP contribution >= 0.6 is 0 Å². The van der Waals surface area contributed by atoms with Crippen molar-refractivity contribution in [2.24, 2.45) is 5.73 Å². The fourth-order valence-corrected chi connectivity index (χ4v) is 6.13. The summed E-state index contributed by atoms with van der Waals surface area (Å²) in [5, 5.41) is 11.0. The van der Waals surface area contributed by atoms with Crippen LogP contribution in [0.4, 0.5) is 15.3 Å². The molecular formula is C30H37N7O4. The summed E-state index contributed by atoms with van der Waals surface area (Å²) >= 11 is 0. The molecule has 0 saturated carbocycles. The zero-order chi connectivity index (χ0) is 28.3. The van der Waals surface area contributed by atoms with Gasteiger partial charge in [0.1, 0.15) is 0 Å². The van der Waals surface area contributed by atoms with Crippen LogP contribution in [-0.4, -0.2) is 93.8 Å². The molecule has 216 valence electrons. The molecule has 6 rings (SSSR count). The first kappa shape index (κ1) is 27.1. The Balaban J connectivity index is 1.10. The fourth-order valence-electron chi connectivity index (χ4n) is 6.13. The minimum Gasteiger partial charge on any atom is -0.436 e. The highest BCUT2D eigenvalue weighted by Crippen LogP contribution is 2.25. The number of nitrogens with two attached hydrogens (primary N) is 1. The molecule has 1 unspecified atom stereocenters. The van der Waals surface area contributed by atoms with Crippen LogP contribution in [0.5, 0.6) is 0 Å². The summed E-state index contributed by atoms with van der Waals surface area (Å²) in [5.74, 6) is -0.187. The van der Waals surface area contributed by atoms with Gasteiger partial charge in [0.05, 0.1) is 11.7 Å². The van der Waals surface area contributed by atoms with Crippen molar-refractivity contribution >= 4 is 34.6 Å². The topological polar surface area (TPSA) is 137 Å². The van der Waals surface area contributed by atoms with Gasteiger partial charge in [-0.15, -0.1) is 0 Å². The van der Waals surface area contributed by atoms with E-state index in [0.29, 0.717) is 45.6 Å². The first-order valence-electron chi connectivity index (χ1n) is 14.5. The molecule has 3 aromatic rings. The number of amides is 4. The van der Waals surface area contributed by atoms with Crippen LogP contribution in [0, 0.1) is 0 Å². The standard InChI is InChI=1S/C30H37N7O4/c31-23-8-12-35(13-9-23)28(38)27(18-20-5-6-26-22(17-20)19-32-34-26)41-30(40)36-14-10-24(11-15-36)37-16-7-21-3-1-2-4-25(21)33-29(37)39/h1-6,17,19,23-24,27H,7-16,18,31H2,(H,32,34)(H,33,39). The molecule has 2 saturated heterocycles. The van der Waals surface area contributed by atoms with Gasteiger partial charge in [0.15, 0.2) is 6.10 Å². The van der Waals surface area contributed by atoms with Gasteiger partial charge in [-0.3, -0.25) is 9.89 Å². The first-order chi connectivity index (χ1) is 19.9. The molecule has 3 aliphatic heterocycles. The van der Waals surface area contributed by atoms with E-state index < -0.39 is 12.2 Å². The van der Waals surface area contributed by atoms with Gasteiger partial charge in [0.25, 0.3) is 5.91 Å². The summed E-state index contributed by atoms with van der Waals surface area (Å²) in [4.78, 5) is 45.2. The van der Waals surface area contributed by atoms with E-state index in [-0.39, 0.29) is 30.4 Å². The lowest BCUT2D eigenvalue weighted by atomic mass is 10.0. The zero-order valence-corrected chi connectivity index (χ0v) is 23.1. The predicted molar refractivity (Wildman–Crippen MR) is 154 cm³/mol. The first-order valence-corrected chi connectivity index (χ1v) is 14.5. The molecular weight excluding hydrogens is 522 g/mol. The number of likely N-dealkylation sites (tertiary alicyclic amines) is 2. The number of piperidine rings is 2. The maximum atomic E-state index is 13.6. The molecule has 0 bridgehead atoms. The Bertz CT molecular complexity index is 1410. The monoisotopic (exact) mass is 559 g/mol. The number of hydrogen-bond donors (Lipinski definition) is 3. The Morgan fingerprint density at radius 1 is 1.00 bits per heavy atom. The van der Waals surface area contributed by atoms with Gasteiger partial charge in [0, 0.05) is 62.3 Å². The quantitative estimate of drug-likeness (QED) is 0.439. The van der Waals surface area contributed by atoms with Crippen LogP contribution in [0.2, 0.25) is 0 Å². The Morgan fingerprint density at radius 2 is 1.76 bits per heavy atom. The largest absolute Gasteiger partial charge is 0.436 e. The molecule has 11 nitrogen and oxygen atoms in total. The maximum Gasteiger partial charge on any atom is 0.410 e. The third-order valence-corrected chi connectivity index (χ3v) is 8.60. The molecule has 4 amide bonds. The van der Waals surface area contributed by atoms with Gasteiger partial charge in [0.2, 0.25) is 0 Å². The number of benzene rings is 2. The Morgan fingerprint density at radius 3 is 2.56 bits per heavy atom. The Labute approximate surface area is 239 Å². The second-order valence-corrected chi connectivity index (χ2v) is 11.3. The van der Waals surface area contributed by atoms with E-state index in [2.05, 4.69) is 15.5 Å². The van der Waals surface area contributed by atoms with Crippen LogP contribution in [0.3, 0.4) is 0 Å². The molecule has 1 aromatic heterocycles. The van der Waals surface area contributed by atoms with Gasteiger partial charge in [-0.1, -0.05) is 24.3 Å². The highest BCUT2D eigenvalue weighted by molar-refractivity contribution is 5.91. The summed E-state index contributed by atoms with van der Waals surface area (Å²) in [6.45, 7) is 2.67. The number of hydrogen-bond acceptors (Lipinski definition) is 6. The van der Waals surface area contributed by atoms with E-state index in [4.69, 9.17) is 10.5 Å². The molecule has 0 radical (unpaired) electrons. The van der Waals surface area contributed by atoms with Crippen molar-refractivity contribution in [3.05, 3.63) is 59.8 Å². The normalized spacial score (nSPS) is 19.4. The average Bonchev–Trinajstić information content (AvgIpc) is 3.39. The van der Waals surface area contributed by atoms with Gasteiger partial charge >= 0.3 is 12.1 Å². The summed E-state index contributed by atoms with van der Waals surface area (Å²) in [6, 6.07) is 13.7. The Hall–Kier alpha value is -4.12. The van der Waals surface area contributed by atoms with E-state index in [9.17, 15) is 14.4 Å². The average molecular weight is 560 g/mol. The van der Waals surface area contributed by atoms with E-state index in [1.807, 2.05) is 47.4 Å². The minimum atomic E-state index is -0.936. The molecule has 0 aliphatic carbocycles. The lowest BCUT2D eigenvalue weighted by molar-refractivity contribution is -0.142. The highest BCUT2D eigenvalue weighted by Gasteiger charge is 2.35. The number of para-hydroxylation sites is 1. The Kier molecular flexibility index (Phi) is 7.78. The zero-order valence-electron chi connectivity index (χ0n) is 23.1. The van der Waals surface area contributed by atoms with Crippen molar-refractivity contribution in [2.75, 3.05) is 38.0 Å². The number of ether oxygens (including phenoxy) is 1. The highest BCUT2D eigenvalue weighted by atomic mass is 16.6. The van der Waals surface area contributed by atoms with Gasteiger partial charge in [-0.25, -0.2) is 9.59 Å². The number of urea groups is 1. The second-order valence-electron chi connectivity index (χ2n) is 11.3. The fraction of sp³-hybridized carbons (Fsp3) is 0.467. The number of anilines is 1. The van der Waals surface area contributed by atoms with Crippen molar-refractivity contribution in [1.29, 1.82) is 0 Å². The molecule has 41 heavy (non-hydrogen) atoms. The van der Waals surface area contributed by atoms with Crippen LogP contribution < -0.4 is 11.1 Å². The third kappa shape index (κ3) is 6.00. The number of aromatic nitrogens is 2. The van der Waals surface area contributed by atoms with E-state index in [0.717, 1.165) is 47.0 Å². The molecule has 1 atom stereocenters. The third-order valence-electron chi connectivity index (χ3n) is 8.60. The maximum absolute atomic E-state index is 13.6. The summed E-state index contributed by atoms with van der Waals surface area (Å²) < 4.78 is 5.94. The van der Waals surface area contributed by atoms with Crippen LogP contribution in [0.1, 0.15) is 36.8 Å². The molecule has 3 aliphatic rings. The number of nitrogens with one attached hydrogen (secondary N) is 2. The van der Waals surface area contributed by atoms with Crippen molar-refractivity contribution in [2.45, 2.75) is 56.7 Å². The van der Waals surface area contributed by atoms with Crippen molar-refractivity contribution in [3.63, 3.8) is 0 Å². The second kappa shape index (κ2) is 11.8. The predicted octanol–water partition coefficient (Wildman–Crippen LogP) is 3.11. The van der Waals surface area contributed by atoms with Crippen LogP contribution in [0.15, 0.2) is 48.7 Å².